The monoisotopic (exact) mass is 775 g/mol. The third-order valence-electron chi connectivity index (χ3n) is 10.9. The summed E-state index contributed by atoms with van der Waals surface area (Å²) < 4.78 is 39.3. The van der Waals surface area contributed by atoms with Crippen molar-refractivity contribution in [3.63, 3.8) is 0 Å². The maximum absolute atomic E-state index is 15.9. The van der Waals surface area contributed by atoms with Gasteiger partial charge in [-0.1, -0.05) is 0 Å². The van der Waals surface area contributed by atoms with Crippen LogP contribution in [-0.2, 0) is 18.9 Å². The molecule has 11 nitrogen and oxygen atoms in total. The van der Waals surface area contributed by atoms with Gasteiger partial charge in [-0.2, -0.15) is 15.5 Å². The summed E-state index contributed by atoms with van der Waals surface area (Å²) in [6, 6.07) is 12.3. The first-order valence-electron chi connectivity index (χ1n) is 17.2. The molecule has 5 aromatic heterocycles. The van der Waals surface area contributed by atoms with Crippen molar-refractivity contribution in [1.82, 2.24) is 38.0 Å². The minimum Gasteiger partial charge on any atom is -0.331 e. The molecule has 1 atom stereocenters. The standard InChI is InChI=1S/C39H32BrF2N9O2/c1-21-15-25(16-22(2)34(21)41)51-36(50-14-13-49(38(50)53)31-8-7-29-26(35(31)42)17-44-46(29)4)32-23(3)48(12-9-28(32)45-51)37(52)27-19-47-18-24(40)5-6-30(47)33(27)39(20-43)10-11-39/h5-8,13-19,23H,9-12H2,1-4H3/t23-/m0/s1. The number of benzene rings is 2. The van der Waals surface area contributed by atoms with Crippen LogP contribution in [0.5, 0.6) is 0 Å². The molecule has 0 bridgehead atoms. The van der Waals surface area contributed by atoms with Crippen LogP contribution in [0.1, 0.15) is 64.1 Å². The largest absolute Gasteiger partial charge is 0.338 e. The molecule has 0 radical (unpaired) electrons. The molecule has 1 amide bonds. The lowest BCUT2D eigenvalue weighted by atomic mass is 9.92. The van der Waals surface area contributed by atoms with Gasteiger partial charge in [-0.15, -0.1) is 0 Å². The van der Waals surface area contributed by atoms with E-state index in [0.29, 0.717) is 70.8 Å². The summed E-state index contributed by atoms with van der Waals surface area (Å²) in [6.45, 7) is 5.58. The summed E-state index contributed by atoms with van der Waals surface area (Å²) in [5.74, 6) is -0.794. The molecule has 0 saturated heterocycles. The van der Waals surface area contributed by atoms with Crippen molar-refractivity contribution in [2.75, 3.05) is 6.54 Å². The number of aromatic nitrogens is 7. The Morgan fingerprint density at radius 1 is 1.02 bits per heavy atom. The van der Waals surface area contributed by atoms with Crippen LogP contribution in [0, 0.1) is 36.8 Å². The number of hydrogen-bond donors (Lipinski definition) is 0. The average molecular weight is 777 g/mol. The molecule has 1 aliphatic heterocycles. The van der Waals surface area contributed by atoms with Crippen LogP contribution in [0.4, 0.5) is 8.78 Å². The Kier molecular flexibility index (Phi) is 7.23. The van der Waals surface area contributed by atoms with E-state index in [2.05, 4.69) is 27.1 Å². The number of nitrogens with zero attached hydrogens (tertiary/aromatic N) is 9. The molecule has 1 aliphatic carbocycles. The van der Waals surface area contributed by atoms with Crippen LogP contribution < -0.4 is 5.69 Å². The molecule has 14 heteroatoms. The van der Waals surface area contributed by atoms with E-state index in [-0.39, 0.29) is 22.8 Å². The number of fused-ring (bicyclic) bond motifs is 3. The van der Waals surface area contributed by atoms with Gasteiger partial charge in [-0.3, -0.25) is 18.6 Å². The van der Waals surface area contributed by atoms with E-state index in [1.54, 1.807) is 71.8 Å². The Balaban J connectivity index is 1.21. The third-order valence-corrected chi connectivity index (χ3v) is 11.4. The number of aryl methyl sites for hydroxylation is 3. The number of rotatable bonds is 5. The van der Waals surface area contributed by atoms with E-state index in [1.807, 2.05) is 29.7 Å². The van der Waals surface area contributed by atoms with Crippen LogP contribution in [0.25, 0.3) is 33.6 Å². The van der Waals surface area contributed by atoms with Crippen molar-refractivity contribution < 1.29 is 13.6 Å². The van der Waals surface area contributed by atoms with Gasteiger partial charge in [-0.25, -0.2) is 18.3 Å². The molecule has 1 fully saturated rings. The maximum Gasteiger partial charge on any atom is 0.338 e. The SMILES string of the molecule is Cc1cc(-n2nc3c(c2-n2ccn(-c4ccc5c(cnn5C)c4F)c2=O)[C@H](C)N(C(=O)c2cn4cc(Br)ccc4c2C2(C#N)CC2)CC3)cc(C)c1F. The van der Waals surface area contributed by atoms with Gasteiger partial charge in [0.15, 0.2) is 5.82 Å². The lowest BCUT2D eigenvalue weighted by Crippen LogP contribution is -2.39. The molecule has 2 aliphatic rings. The van der Waals surface area contributed by atoms with E-state index >= 15 is 4.39 Å². The molecule has 266 valence electrons. The van der Waals surface area contributed by atoms with Crippen molar-refractivity contribution in [3.05, 3.63) is 127 Å². The van der Waals surface area contributed by atoms with Gasteiger partial charge in [0.1, 0.15) is 11.6 Å². The van der Waals surface area contributed by atoms with E-state index in [9.17, 15) is 19.2 Å². The number of hydrogen-bond acceptors (Lipinski definition) is 5. The van der Waals surface area contributed by atoms with Crippen molar-refractivity contribution in [1.29, 1.82) is 5.26 Å². The van der Waals surface area contributed by atoms with Gasteiger partial charge >= 0.3 is 5.69 Å². The van der Waals surface area contributed by atoms with Crippen LogP contribution in [-0.4, -0.2) is 50.4 Å². The second-order valence-electron chi connectivity index (χ2n) is 14.1. The minimum atomic E-state index is -0.740. The zero-order valence-corrected chi connectivity index (χ0v) is 30.8. The van der Waals surface area contributed by atoms with E-state index in [1.165, 1.54) is 21.5 Å². The summed E-state index contributed by atoms with van der Waals surface area (Å²) in [5, 5.41) is 19.7. The van der Waals surface area contributed by atoms with Crippen molar-refractivity contribution in [2.24, 2.45) is 7.05 Å². The molecule has 1 saturated carbocycles. The second kappa shape index (κ2) is 11.6. The highest BCUT2D eigenvalue weighted by atomic mass is 79.9. The lowest BCUT2D eigenvalue weighted by molar-refractivity contribution is 0.0676. The highest BCUT2D eigenvalue weighted by Gasteiger charge is 2.50. The molecular weight excluding hydrogens is 744 g/mol. The first-order chi connectivity index (χ1) is 25.4. The molecule has 7 aromatic rings. The van der Waals surface area contributed by atoms with Gasteiger partial charge in [0.2, 0.25) is 0 Å². The van der Waals surface area contributed by atoms with Crippen LogP contribution in [0.15, 0.2) is 76.6 Å². The highest BCUT2D eigenvalue weighted by Crippen LogP contribution is 2.51. The van der Waals surface area contributed by atoms with Gasteiger partial charge in [-0.05, 0) is 97.1 Å². The Bertz CT molecular complexity index is 2790. The van der Waals surface area contributed by atoms with E-state index in [4.69, 9.17) is 5.10 Å². The van der Waals surface area contributed by atoms with Crippen molar-refractivity contribution in [3.8, 4) is 23.3 Å². The van der Waals surface area contributed by atoms with Gasteiger partial charge < -0.3 is 9.30 Å². The Morgan fingerprint density at radius 3 is 2.45 bits per heavy atom. The zero-order chi connectivity index (χ0) is 37.1. The van der Waals surface area contributed by atoms with E-state index < -0.39 is 23.0 Å². The van der Waals surface area contributed by atoms with Gasteiger partial charge in [0.25, 0.3) is 5.91 Å². The molecular formula is C39H32BrF2N9O2. The average Bonchev–Trinajstić information content (AvgIpc) is 3.38. The smallest absolute Gasteiger partial charge is 0.331 e. The van der Waals surface area contributed by atoms with Crippen LogP contribution in [0.2, 0.25) is 0 Å². The predicted octanol–water partition coefficient (Wildman–Crippen LogP) is 6.93. The fourth-order valence-corrected chi connectivity index (χ4v) is 8.34. The van der Waals surface area contributed by atoms with Crippen molar-refractivity contribution >= 4 is 38.3 Å². The summed E-state index contributed by atoms with van der Waals surface area (Å²) in [4.78, 5) is 30.9. The van der Waals surface area contributed by atoms with Crippen molar-refractivity contribution in [2.45, 2.75) is 51.5 Å². The molecule has 0 N–H and O–H groups in total. The summed E-state index contributed by atoms with van der Waals surface area (Å²) in [5.41, 5.74) is 4.01. The summed E-state index contributed by atoms with van der Waals surface area (Å²) in [7, 11) is 1.72. The number of amides is 1. The normalized spacial score (nSPS) is 16.3. The molecule has 0 spiro atoms. The predicted molar refractivity (Wildman–Crippen MR) is 197 cm³/mol. The fourth-order valence-electron chi connectivity index (χ4n) is 7.99. The summed E-state index contributed by atoms with van der Waals surface area (Å²) >= 11 is 3.53. The Labute approximate surface area is 310 Å². The first-order valence-corrected chi connectivity index (χ1v) is 18.0. The fraction of sp³-hybridized carbons (Fsp3) is 0.256. The number of imidazole rings is 1. The molecule has 6 heterocycles. The highest BCUT2D eigenvalue weighted by molar-refractivity contribution is 9.10. The van der Waals surface area contributed by atoms with Gasteiger partial charge in [0, 0.05) is 60.4 Å². The number of carbonyl (C=O) groups excluding carboxylic acids is 1. The Morgan fingerprint density at radius 2 is 1.74 bits per heavy atom. The van der Waals surface area contributed by atoms with E-state index in [0.717, 1.165) is 15.6 Å². The first kappa shape index (κ1) is 33.1. The molecule has 53 heavy (non-hydrogen) atoms. The number of halogens is 3. The molecule has 0 unspecified atom stereocenters. The summed E-state index contributed by atoms with van der Waals surface area (Å²) in [6.07, 6.45) is 9.87. The number of carbonyl (C=O) groups is 1. The second-order valence-corrected chi connectivity index (χ2v) is 15.0. The Hall–Kier alpha value is -5.81. The maximum atomic E-state index is 15.9. The lowest BCUT2D eigenvalue weighted by Gasteiger charge is -2.34. The molecule has 9 rings (SSSR count). The van der Waals surface area contributed by atoms with Gasteiger partial charge in [0.05, 0.1) is 62.8 Å². The molecule has 2 aromatic carbocycles. The topological polar surface area (TPSA) is 111 Å². The van der Waals surface area contributed by atoms with Crippen LogP contribution >= 0.6 is 15.9 Å². The zero-order valence-electron chi connectivity index (χ0n) is 29.2. The third kappa shape index (κ3) is 4.79. The quantitative estimate of drug-likeness (QED) is 0.189. The minimum absolute atomic E-state index is 0.0546. The number of nitriles is 1. The van der Waals surface area contributed by atoms with Crippen LogP contribution in [0.3, 0.4) is 0 Å². The number of pyridine rings is 1.